The molecule has 37 heavy (non-hydrogen) atoms. The fourth-order valence-electron chi connectivity index (χ4n) is 5.00. The van der Waals surface area contributed by atoms with Crippen LogP contribution in [-0.2, 0) is 10.0 Å². The van der Waals surface area contributed by atoms with Crippen molar-refractivity contribution in [3.05, 3.63) is 59.1 Å². The van der Waals surface area contributed by atoms with Gasteiger partial charge in [0.1, 0.15) is 11.6 Å². The van der Waals surface area contributed by atoms with Crippen molar-refractivity contribution in [2.75, 3.05) is 57.7 Å². The Morgan fingerprint density at radius 2 is 1.86 bits per heavy atom. The minimum Gasteiger partial charge on any atom is -0.323 e. The van der Waals surface area contributed by atoms with Crippen molar-refractivity contribution < 1.29 is 22.0 Å². The first-order chi connectivity index (χ1) is 17.6. The highest BCUT2D eigenvalue weighted by Gasteiger charge is 2.39. The molecule has 2 aromatic carbocycles. The number of benzene rings is 2. The number of nitrogens with zero attached hydrogens (tertiary/aromatic N) is 4. The van der Waals surface area contributed by atoms with E-state index in [-0.39, 0.29) is 29.2 Å². The van der Waals surface area contributed by atoms with Crippen LogP contribution in [0.2, 0.25) is 5.02 Å². The summed E-state index contributed by atoms with van der Waals surface area (Å²) in [5, 5.41) is 3.66. The first-order valence-corrected chi connectivity index (χ1v) is 14.1. The summed E-state index contributed by atoms with van der Waals surface area (Å²) in [6.07, 6.45) is 0.902. The molecule has 0 spiro atoms. The van der Waals surface area contributed by atoms with Crippen molar-refractivity contribution in [1.29, 1.82) is 0 Å². The lowest BCUT2D eigenvalue weighted by Gasteiger charge is -2.44. The standard InChI is InChI=1S/C25H32ClF2N5O3S/c1-30(2)16-21-15-29-11-13-32(21)25(34)31-12-3-4-20(17-31)33(24-14-19(27)7-10-23(24)28)37(35,36)22-8-5-18(26)6-9-22/h5-10,14,20-21,29H,3-4,11-13,15-17H2,1-2H3/t20-,21?/m0/s1. The van der Waals surface area contributed by atoms with E-state index in [9.17, 15) is 17.6 Å². The highest BCUT2D eigenvalue weighted by molar-refractivity contribution is 7.92. The molecule has 0 saturated carbocycles. The number of piperidine rings is 1. The van der Waals surface area contributed by atoms with Crippen molar-refractivity contribution in [3.8, 4) is 0 Å². The zero-order chi connectivity index (χ0) is 26.7. The van der Waals surface area contributed by atoms with E-state index >= 15 is 4.39 Å². The number of rotatable bonds is 6. The lowest BCUT2D eigenvalue weighted by molar-refractivity contribution is 0.101. The van der Waals surface area contributed by atoms with Gasteiger partial charge in [0.2, 0.25) is 0 Å². The van der Waals surface area contributed by atoms with Gasteiger partial charge in [0.05, 0.1) is 22.7 Å². The van der Waals surface area contributed by atoms with Crippen LogP contribution in [0.4, 0.5) is 19.3 Å². The normalized spacial score (nSPS) is 20.8. The number of hydrogen-bond donors (Lipinski definition) is 1. The molecule has 2 amide bonds. The molecule has 202 valence electrons. The number of sulfonamides is 1. The molecule has 0 aromatic heterocycles. The first kappa shape index (κ1) is 27.6. The molecule has 2 aromatic rings. The van der Waals surface area contributed by atoms with Crippen LogP contribution in [0.1, 0.15) is 12.8 Å². The topological polar surface area (TPSA) is 76.2 Å². The quantitative estimate of drug-likeness (QED) is 0.592. The maximum Gasteiger partial charge on any atom is 0.320 e. The van der Waals surface area contributed by atoms with Crippen LogP contribution >= 0.6 is 11.6 Å². The number of likely N-dealkylation sites (N-methyl/N-ethyl adjacent to an activating group) is 1. The molecule has 0 aliphatic carbocycles. The Morgan fingerprint density at radius 3 is 2.57 bits per heavy atom. The van der Waals surface area contributed by atoms with Gasteiger partial charge >= 0.3 is 6.03 Å². The lowest BCUT2D eigenvalue weighted by atomic mass is 10.0. The third kappa shape index (κ3) is 6.17. The van der Waals surface area contributed by atoms with Crippen LogP contribution in [0.15, 0.2) is 47.4 Å². The minimum absolute atomic E-state index is 0.0359. The summed E-state index contributed by atoms with van der Waals surface area (Å²) >= 11 is 5.95. The van der Waals surface area contributed by atoms with E-state index in [1.807, 2.05) is 23.9 Å². The largest absolute Gasteiger partial charge is 0.323 e. The Morgan fingerprint density at radius 1 is 1.14 bits per heavy atom. The van der Waals surface area contributed by atoms with Crippen molar-refractivity contribution in [2.45, 2.75) is 29.8 Å². The average Bonchev–Trinajstić information content (AvgIpc) is 2.86. The van der Waals surface area contributed by atoms with E-state index in [1.54, 1.807) is 4.90 Å². The first-order valence-electron chi connectivity index (χ1n) is 12.2. The van der Waals surface area contributed by atoms with E-state index in [1.165, 1.54) is 24.3 Å². The monoisotopic (exact) mass is 555 g/mol. The van der Waals surface area contributed by atoms with E-state index in [2.05, 4.69) is 5.32 Å². The zero-order valence-corrected chi connectivity index (χ0v) is 22.5. The molecular weight excluding hydrogens is 524 g/mol. The van der Waals surface area contributed by atoms with Crippen molar-refractivity contribution in [1.82, 2.24) is 20.0 Å². The maximum absolute atomic E-state index is 15.0. The van der Waals surface area contributed by atoms with E-state index in [0.717, 1.165) is 22.5 Å². The predicted molar refractivity (Wildman–Crippen MR) is 139 cm³/mol. The van der Waals surface area contributed by atoms with Gasteiger partial charge in [0.15, 0.2) is 0 Å². The molecule has 4 rings (SSSR count). The van der Waals surface area contributed by atoms with Gasteiger partial charge in [-0.2, -0.15) is 0 Å². The van der Waals surface area contributed by atoms with E-state index < -0.39 is 27.7 Å². The second-order valence-corrected chi connectivity index (χ2v) is 11.9. The Balaban J connectivity index is 1.67. The molecule has 2 saturated heterocycles. The number of urea groups is 1. The predicted octanol–water partition coefficient (Wildman–Crippen LogP) is 3.23. The molecule has 2 aliphatic heterocycles. The number of nitrogens with one attached hydrogen (secondary N) is 1. The fraction of sp³-hybridized carbons (Fsp3) is 0.480. The van der Waals surface area contributed by atoms with Crippen molar-refractivity contribution in [2.24, 2.45) is 0 Å². The minimum atomic E-state index is -4.31. The molecule has 0 radical (unpaired) electrons. The summed E-state index contributed by atoms with van der Waals surface area (Å²) in [6.45, 7) is 3.05. The molecule has 8 nitrogen and oxygen atoms in total. The summed E-state index contributed by atoms with van der Waals surface area (Å²) in [4.78, 5) is 19.0. The summed E-state index contributed by atoms with van der Waals surface area (Å²) in [5.41, 5.74) is -0.387. The number of amides is 2. The number of carbonyl (C=O) groups excluding carboxylic acids is 1. The van der Waals surface area contributed by atoms with Crippen LogP contribution in [0.25, 0.3) is 0 Å². The van der Waals surface area contributed by atoms with Gasteiger partial charge in [0, 0.05) is 50.4 Å². The van der Waals surface area contributed by atoms with Crippen molar-refractivity contribution >= 4 is 33.3 Å². The van der Waals surface area contributed by atoms with Crippen LogP contribution < -0.4 is 9.62 Å². The van der Waals surface area contributed by atoms with Gasteiger partial charge < -0.3 is 20.0 Å². The molecular formula is C25H32ClF2N5O3S. The summed E-state index contributed by atoms with van der Waals surface area (Å²) < 4.78 is 57.8. The second kappa shape index (κ2) is 11.5. The van der Waals surface area contributed by atoms with Gasteiger partial charge in [-0.3, -0.25) is 4.31 Å². The lowest BCUT2D eigenvalue weighted by Crippen LogP contribution is -2.62. The van der Waals surface area contributed by atoms with E-state index in [4.69, 9.17) is 11.6 Å². The number of hydrogen-bond acceptors (Lipinski definition) is 5. The third-order valence-electron chi connectivity index (χ3n) is 6.69. The molecule has 2 aliphatic rings. The molecule has 12 heteroatoms. The van der Waals surface area contributed by atoms with Gasteiger partial charge in [-0.15, -0.1) is 0 Å². The molecule has 2 fully saturated rings. The van der Waals surface area contributed by atoms with Gasteiger partial charge in [-0.25, -0.2) is 22.0 Å². The molecule has 1 N–H and O–H groups in total. The Kier molecular flexibility index (Phi) is 8.57. The van der Waals surface area contributed by atoms with Gasteiger partial charge in [-0.05, 0) is 63.3 Å². The second-order valence-electron chi connectivity index (χ2n) is 9.69. The molecule has 2 heterocycles. The number of likely N-dealkylation sites (tertiary alicyclic amines) is 1. The van der Waals surface area contributed by atoms with Crippen LogP contribution in [0, 0.1) is 11.6 Å². The highest BCUT2D eigenvalue weighted by atomic mass is 35.5. The summed E-state index contributed by atoms with van der Waals surface area (Å²) in [5.74, 6) is -1.63. The SMILES string of the molecule is CN(C)CC1CNCCN1C(=O)N1CCC[C@H](N(c2cc(F)ccc2F)S(=O)(=O)c2ccc(Cl)cc2)C1. The summed E-state index contributed by atoms with van der Waals surface area (Å²) in [7, 11) is -0.419. The Labute approximate surface area is 221 Å². The number of halogens is 3. The maximum atomic E-state index is 15.0. The van der Waals surface area contributed by atoms with Gasteiger partial charge in [-0.1, -0.05) is 11.6 Å². The molecule has 1 unspecified atom stereocenters. The molecule has 0 bridgehead atoms. The number of piperazine rings is 1. The van der Waals surface area contributed by atoms with Crippen LogP contribution in [-0.4, -0.2) is 94.6 Å². The van der Waals surface area contributed by atoms with Crippen LogP contribution in [0.5, 0.6) is 0 Å². The Hall–Kier alpha value is -2.47. The Bertz CT molecular complexity index is 1220. The summed E-state index contributed by atoms with van der Waals surface area (Å²) in [6, 6.07) is 7.26. The smallest absolute Gasteiger partial charge is 0.320 e. The highest BCUT2D eigenvalue weighted by Crippen LogP contribution is 2.33. The van der Waals surface area contributed by atoms with Gasteiger partial charge in [0.25, 0.3) is 10.0 Å². The third-order valence-corrected chi connectivity index (χ3v) is 8.82. The molecule has 2 atom stereocenters. The van der Waals surface area contributed by atoms with Crippen LogP contribution in [0.3, 0.4) is 0 Å². The average molecular weight is 556 g/mol. The van der Waals surface area contributed by atoms with Crippen molar-refractivity contribution in [3.63, 3.8) is 0 Å². The van der Waals surface area contributed by atoms with E-state index in [0.29, 0.717) is 50.6 Å². The number of carbonyl (C=O) groups is 1. The number of anilines is 1. The zero-order valence-electron chi connectivity index (χ0n) is 20.9. The fourth-order valence-corrected chi connectivity index (χ4v) is 6.79.